The second-order valence-electron chi connectivity index (χ2n) is 6.30. The lowest BCUT2D eigenvalue weighted by molar-refractivity contribution is -0.148. The second kappa shape index (κ2) is 7.07. The van der Waals surface area contributed by atoms with Gasteiger partial charge in [0.15, 0.2) is 0 Å². The molecule has 2 fully saturated rings. The summed E-state index contributed by atoms with van der Waals surface area (Å²) >= 11 is 0. The van der Waals surface area contributed by atoms with E-state index in [1.165, 1.54) is 31.4 Å². The number of hydrogen-bond donors (Lipinski definition) is 0. The van der Waals surface area contributed by atoms with Gasteiger partial charge in [0.1, 0.15) is 12.1 Å². The minimum Gasteiger partial charge on any atom is -0.466 e. The van der Waals surface area contributed by atoms with Gasteiger partial charge in [0.25, 0.3) is 0 Å². The normalized spacial score (nSPS) is 20.3. The van der Waals surface area contributed by atoms with E-state index in [2.05, 4.69) is 20.9 Å². The van der Waals surface area contributed by atoms with E-state index in [1.54, 1.807) is 6.33 Å². The quantitative estimate of drug-likeness (QED) is 0.801. The van der Waals surface area contributed by atoms with Gasteiger partial charge in [-0.1, -0.05) is 12.8 Å². The third-order valence-electron chi connectivity index (χ3n) is 4.89. The Balaban J connectivity index is 1.61. The topological polar surface area (TPSA) is 55.3 Å². The lowest BCUT2D eigenvalue weighted by atomic mass is 9.97. The Morgan fingerprint density at radius 1 is 1.23 bits per heavy atom. The maximum atomic E-state index is 11.8. The number of piperidine rings is 1. The number of ether oxygens (including phenoxy) is 1. The molecular formula is C17H25N3O2. The van der Waals surface area contributed by atoms with Crippen molar-refractivity contribution in [2.75, 3.05) is 24.6 Å². The van der Waals surface area contributed by atoms with E-state index in [-0.39, 0.29) is 11.9 Å². The first-order valence-electron chi connectivity index (χ1n) is 8.51. The highest BCUT2D eigenvalue weighted by molar-refractivity contribution is 5.72. The Bertz CT molecular complexity index is 506. The number of nitrogens with zero attached hydrogens (tertiary/aromatic N) is 3. The summed E-state index contributed by atoms with van der Waals surface area (Å²) in [6.07, 6.45) is 8.52. The van der Waals surface area contributed by atoms with Crippen molar-refractivity contribution < 1.29 is 9.53 Å². The molecule has 1 saturated carbocycles. The molecule has 22 heavy (non-hydrogen) atoms. The van der Waals surface area contributed by atoms with Crippen LogP contribution >= 0.6 is 0 Å². The number of anilines is 1. The fourth-order valence-electron chi connectivity index (χ4n) is 3.58. The van der Waals surface area contributed by atoms with E-state index in [0.29, 0.717) is 12.5 Å². The van der Waals surface area contributed by atoms with Crippen LogP contribution in [0.4, 0.5) is 5.82 Å². The molecule has 5 nitrogen and oxygen atoms in total. The Kier molecular flexibility index (Phi) is 4.90. The predicted octanol–water partition coefficient (Wildman–Crippen LogP) is 2.91. The number of aromatic nitrogens is 2. The van der Waals surface area contributed by atoms with Gasteiger partial charge in [-0.15, -0.1) is 0 Å². The average molecular weight is 303 g/mol. The van der Waals surface area contributed by atoms with Gasteiger partial charge in [-0.2, -0.15) is 0 Å². The Labute approximate surface area is 132 Å². The van der Waals surface area contributed by atoms with Crippen molar-refractivity contribution in [3.8, 4) is 0 Å². The summed E-state index contributed by atoms with van der Waals surface area (Å²) in [7, 11) is 0. The first-order valence-corrected chi connectivity index (χ1v) is 8.51. The molecule has 120 valence electrons. The van der Waals surface area contributed by atoms with Crippen LogP contribution in [0.1, 0.15) is 57.1 Å². The maximum absolute atomic E-state index is 11.8. The van der Waals surface area contributed by atoms with Gasteiger partial charge in [-0.25, -0.2) is 9.97 Å². The minimum atomic E-state index is -0.0449. The zero-order valence-electron chi connectivity index (χ0n) is 13.3. The molecule has 1 aromatic heterocycles. The van der Waals surface area contributed by atoms with Gasteiger partial charge in [0, 0.05) is 30.8 Å². The Hall–Kier alpha value is -1.65. The van der Waals surface area contributed by atoms with Gasteiger partial charge in [-0.3, -0.25) is 4.79 Å². The number of rotatable bonds is 4. The van der Waals surface area contributed by atoms with E-state index in [0.717, 1.165) is 31.7 Å². The molecule has 2 aliphatic rings. The van der Waals surface area contributed by atoms with Gasteiger partial charge in [0.2, 0.25) is 0 Å². The van der Waals surface area contributed by atoms with Crippen LogP contribution in [0.25, 0.3) is 0 Å². The number of carbonyl (C=O) groups excluding carboxylic acids is 1. The molecule has 5 heteroatoms. The van der Waals surface area contributed by atoms with Crippen LogP contribution in [0.2, 0.25) is 0 Å². The monoisotopic (exact) mass is 303 g/mol. The standard InChI is InChI=1S/C17H25N3O2/c1-2-22-17(21)14-7-9-20(10-8-14)16-11-15(18-12-19-16)13-5-3-4-6-13/h11-14H,2-10H2,1H3. The van der Waals surface area contributed by atoms with Crippen LogP contribution in [0.15, 0.2) is 12.4 Å². The molecule has 0 spiro atoms. The van der Waals surface area contributed by atoms with Crippen LogP contribution in [0, 0.1) is 5.92 Å². The third kappa shape index (κ3) is 3.39. The van der Waals surface area contributed by atoms with E-state index in [1.807, 2.05) is 6.92 Å². The number of esters is 1. The van der Waals surface area contributed by atoms with E-state index in [4.69, 9.17) is 4.74 Å². The molecule has 0 radical (unpaired) electrons. The Morgan fingerprint density at radius 2 is 1.95 bits per heavy atom. The molecule has 1 saturated heterocycles. The van der Waals surface area contributed by atoms with Crippen molar-refractivity contribution in [1.29, 1.82) is 0 Å². The molecule has 0 aromatic carbocycles. The van der Waals surface area contributed by atoms with Crippen LogP contribution in [0.5, 0.6) is 0 Å². The second-order valence-corrected chi connectivity index (χ2v) is 6.30. The first kappa shape index (κ1) is 15.3. The lowest BCUT2D eigenvalue weighted by Crippen LogP contribution is -2.37. The highest BCUT2D eigenvalue weighted by atomic mass is 16.5. The summed E-state index contributed by atoms with van der Waals surface area (Å²) < 4.78 is 5.13. The number of carbonyl (C=O) groups is 1. The SMILES string of the molecule is CCOC(=O)C1CCN(c2cc(C3CCCC3)ncn2)CC1. The number of hydrogen-bond acceptors (Lipinski definition) is 5. The smallest absolute Gasteiger partial charge is 0.309 e. The summed E-state index contributed by atoms with van der Waals surface area (Å²) in [5, 5.41) is 0. The molecule has 0 unspecified atom stereocenters. The minimum absolute atomic E-state index is 0.0449. The summed E-state index contributed by atoms with van der Waals surface area (Å²) in [5.74, 6) is 1.63. The van der Waals surface area contributed by atoms with Gasteiger partial charge in [0.05, 0.1) is 12.5 Å². The fourth-order valence-corrected chi connectivity index (χ4v) is 3.58. The van der Waals surface area contributed by atoms with Crippen molar-refractivity contribution in [3.63, 3.8) is 0 Å². The molecule has 1 aliphatic carbocycles. The Morgan fingerprint density at radius 3 is 2.64 bits per heavy atom. The van der Waals surface area contributed by atoms with Crippen LogP contribution < -0.4 is 4.90 Å². The molecule has 1 aliphatic heterocycles. The molecule has 0 atom stereocenters. The summed E-state index contributed by atoms with van der Waals surface area (Å²) in [6.45, 7) is 4.06. The van der Waals surface area contributed by atoms with Crippen LogP contribution in [-0.4, -0.2) is 35.6 Å². The molecule has 0 N–H and O–H groups in total. The molecule has 1 aromatic rings. The van der Waals surface area contributed by atoms with Crippen molar-refractivity contribution in [2.24, 2.45) is 5.92 Å². The van der Waals surface area contributed by atoms with Gasteiger partial charge < -0.3 is 9.64 Å². The van der Waals surface area contributed by atoms with Crippen molar-refractivity contribution >= 4 is 11.8 Å². The average Bonchev–Trinajstić information content (AvgIpc) is 3.10. The van der Waals surface area contributed by atoms with E-state index >= 15 is 0 Å². The molecule has 0 amide bonds. The zero-order chi connectivity index (χ0) is 15.4. The largest absolute Gasteiger partial charge is 0.466 e. The first-order chi connectivity index (χ1) is 10.8. The highest BCUT2D eigenvalue weighted by Crippen LogP contribution is 2.34. The fraction of sp³-hybridized carbons (Fsp3) is 0.706. The molecule has 2 heterocycles. The molecular weight excluding hydrogens is 278 g/mol. The molecule has 0 bridgehead atoms. The van der Waals surface area contributed by atoms with Crippen molar-refractivity contribution in [1.82, 2.24) is 9.97 Å². The van der Waals surface area contributed by atoms with Crippen LogP contribution in [-0.2, 0) is 9.53 Å². The lowest BCUT2D eigenvalue weighted by Gasteiger charge is -2.31. The predicted molar refractivity (Wildman–Crippen MR) is 84.8 cm³/mol. The van der Waals surface area contributed by atoms with Crippen LogP contribution in [0.3, 0.4) is 0 Å². The highest BCUT2D eigenvalue weighted by Gasteiger charge is 2.27. The summed E-state index contributed by atoms with van der Waals surface area (Å²) in [5.41, 5.74) is 1.19. The van der Waals surface area contributed by atoms with Gasteiger partial charge >= 0.3 is 5.97 Å². The third-order valence-corrected chi connectivity index (χ3v) is 4.89. The summed E-state index contributed by atoms with van der Waals surface area (Å²) in [6, 6.07) is 2.15. The van der Waals surface area contributed by atoms with E-state index in [9.17, 15) is 4.79 Å². The van der Waals surface area contributed by atoms with Crippen molar-refractivity contribution in [2.45, 2.75) is 51.4 Å². The maximum Gasteiger partial charge on any atom is 0.309 e. The zero-order valence-corrected chi connectivity index (χ0v) is 13.3. The van der Waals surface area contributed by atoms with E-state index < -0.39 is 0 Å². The van der Waals surface area contributed by atoms with Crippen molar-refractivity contribution in [3.05, 3.63) is 18.1 Å². The molecule has 3 rings (SSSR count). The summed E-state index contributed by atoms with van der Waals surface area (Å²) in [4.78, 5) is 23.0. The van der Waals surface area contributed by atoms with Gasteiger partial charge in [-0.05, 0) is 32.6 Å².